The third kappa shape index (κ3) is 7.20. The van der Waals surface area contributed by atoms with Gasteiger partial charge in [0.1, 0.15) is 5.60 Å². The van der Waals surface area contributed by atoms with Gasteiger partial charge in [0.2, 0.25) is 5.91 Å². The van der Waals surface area contributed by atoms with Gasteiger partial charge in [-0.3, -0.25) is 4.79 Å². The van der Waals surface area contributed by atoms with E-state index in [1.807, 2.05) is 34.6 Å². The number of amides is 2. The van der Waals surface area contributed by atoms with Crippen LogP contribution >= 0.6 is 0 Å². The number of nitrogens with one attached hydrogen (secondary N) is 3. The summed E-state index contributed by atoms with van der Waals surface area (Å²) in [4.78, 5) is 23.6. The lowest BCUT2D eigenvalue weighted by molar-refractivity contribution is -0.128. The van der Waals surface area contributed by atoms with E-state index in [-0.39, 0.29) is 18.0 Å². The molecule has 6 nitrogen and oxygen atoms in total. The molecule has 23 heavy (non-hydrogen) atoms. The zero-order valence-electron chi connectivity index (χ0n) is 15.4. The van der Waals surface area contributed by atoms with E-state index in [9.17, 15) is 9.59 Å². The maximum Gasteiger partial charge on any atom is 0.407 e. The second-order valence-electron chi connectivity index (χ2n) is 8.04. The maximum atomic E-state index is 11.8. The third-order valence-electron chi connectivity index (χ3n) is 4.12. The molecule has 1 aliphatic carbocycles. The molecule has 0 aromatic carbocycles. The lowest BCUT2D eigenvalue weighted by Crippen LogP contribution is -2.48. The van der Waals surface area contributed by atoms with Crippen molar-refractivity contribution < 1.29 is 14.3 Å². The van der Waals surface area contributed by atoms with E-state index in [1.54, 1.807) is 7.05 Å². The fourth-order valence-corrected chi connectivity index (χ4v) is 2.73. The van der Waals surface area contributed by atoms with Crippen molar-refractivity contribution in [2.45, 2.75) is 78.0 Å². The second-order valence-corrected chi connectivity index (χ2v) is 8.04. The van der Waals surface area contributed by atoms with Crippen molar-refractivity contribution in [2.24, 2.45) is 5.41 Å². The van der Waals surface area contributed by atoms with Crippen LogP contribution in [0.3, 0.4) is 0 Å². The Morgan fingerprint density at radius 3 is 2.00 bits per heavy atom. The Labute approximate surface area is 140 Å². The summed E-state index contributed by atoms with van der Waals surface area (Å²) in [5.41, 5.74) is -0.880. The number of ether oxygens (including phenoxy) is 1. The van der Waals surface area contributed by atoms with Gasteiger partial charge in [-0.15, -0.1) is 0 Å². The van der Waals surface area contributed by atoms with E-state index >= 15 is 0 Å². The van der Waals surface area contributed by atoms with Crippen LogP contribution in [0.15, 0.2) is 0 Å². The lowest BCUT2D eigenvalue weighted by Gasteiger charge is -2.32. The maximum absolute atomic E-state index is 11.8. The van der Waals surface area contributed by atoms with Gasteiger partial charge in [0.25, 0.3) is 0 Å². The number of rotatable bonds is 5. The van der Waals surface area contributed by atoms with Gasteiger partial charge in [-0.2, -0.15) is 0 Å². The van der Waals surface area contributed by atoms with Crippen molar-refractivity contribution in [3.63, 3.8) is 0 Å². The molecule has 1 fully saturated rings. The van der Waals surface area contributed by atoms with Crippen LogP contribution in [-0.2, 0) is 9.53 Å². The summed E-state index contributed by atoms with van der Waals surface area (Å²) in [6.07, 6.45) is 3.50. The van der Waals surface area contributed by atoms with E-state index in [2.05, 4.69) is 16.0 Å². The molecule has 0 radical (unpaired) electrons. The molecule has 0 saturated heterocycles. The molecule has 2 amide bonds. The van der Waals surface area contributed by atoms with Crippen LogP contribution in [-0.4, -0.2) is 43.3 Å². The van der Waals surface area contributed by atoms with Crippen molar-refractivity contribution in [3.05, 3.63) is 0 Å². The first kappa shape index (κ1) is 19.7. The third-order valence-corrected chi connectivity index (χ3v) is 4.12. The number of alkyl carbamates (subject to hydrolysis) is 1. The number of carbonyl (C=O) groups excluding carboxylic acids is 2. The molecule has 0 aromatic heterocycles. The molecule has 0 spiro atoms. The van der Waals surface area contributed by atoms with Gasteiger partial charge in [-0.05, 0) is 60.3 Å². The summed E-state index contributed by atoms with van der Waals surface area (Å²) in [5.74, 6) is 0.0466. The van der Waals surface area contributed by atoms with Gasteiger partial charge >= 0.3 is 6.09 Å². The Kier molecular flexibility index (Phi) is 6.86. The quantitative estimate of drug-likeness (QED) is 0.723. The van der Waals surface area contributed by atoms with Crippen LogP contribution in [0.5, 0.6) is 0 Å². The Hall–Kier alpha value is -1.30. The highest BCUT2D eigenvalue weighted by Crippen LogP contribution is 2.21. The van der Waals surface area contributed by atoms with E-state index < -0.39 is 11.0 Å². The molecule has 6 heteroatoms. The number of carbonyl (C=O) groups is 2. The van der Waals surface area contributed by atoms with E-state index in [0.29, 0.717) is 12.6 Å². The van der Waals surface area contributed by atoms with Crippen LogP contribution in [0.25, 0.3) is 0 Å². The molecular weight excluding hydrogens is 294 g/mol. The number of hydrogen-bond donors (Lipinski definition) is 3. The molecule has 0 aliphatic heterocycles. The molecule has 0 aromatic rings. The smallest absolute Gasteiger partial charge is 0.407 e. The predicted molar refractivity (Wildman–Crippen MR) is 91.3 cm³/mol. The zero-order chi connectivity index (χ0) is 17.7. The summed E-state index contributed by atoms with van der Waals surface area (Å²) in [6.45, 7) is 10.1. The SMILES string of the molecule is CNC(=O)C(C)(C)CNC1CCC(NC(=O)OC(C)(C)C)CC1. The molecule has 134 valence electrons. The standard InChI is InChI=1S/C17H33N3O3/c1-16(2,3)23-15(22)20-13-9-7-12(8-10-13)19-11-17(4,5)14(21)18-6/h12-13,19H,7-11H2,1-6H3,(H,18,21)(H,20,22). The summed E-state index contributed by atoms with van der Waals surface area (Å²) >= 11 is 0. The fraction of sp³-hybridized carbons (Fsp3) is 0.882. The van der Waals surface area contributed by atoms with Gasteiger partial charge in [-0.25, -0.2) is 4.79 Å². The summed E-state index contributed by atoms with van der Waals surface area (Å²) in [7, 11) is 1.66. The zero-order valence-corrected chi connectivity index (χ0v) is 15.4. The van der Waals surface area contributed by atoms with Gasteiger partial charge in [0.05, 0.1) is 5.41 Å². The fourth-order valence-electron chi connectivity index (χ4n) is 2.73. The summed E-state index contributed by atoms with van der Waals surface area (Å²) in [6, 6.07) is 0.575. The molecule has 0 unspecified atom stereocenters. The minimum atomic E-state index is -0.464. The van der Waals surface area contributed by atoms with E-state index in [4.69, 9.17) is 4.74 Å². The van der Waals surface area contributed by atoms with Crippen molar-refractivity contribution >= 4 is 12.0 Å². The van der Waals surface area contributed by atoms with Crippen molar-refractivity contribution in [1.82, 2.24) is 16.0 Å². The van der Waals surface area contributed by atoms with E-state index in [0.717, 1.165) is 25.7 Å². The van der Waals surface area contributed by atoms with Crippen molar-refractivity contribution in [2.75, 3.05) is 13.6 Å². The summed E-state index contributed by atoms with van der Waals surface area (Å²) in [5, 5.41) is 9.13. The molecule has 1 saturated carbocycles. The van der Waals surface area contributed by atoms with E-state index in [1.165, 1.54) is 0 Å². The Bertz CT molecular complexity index is 408. The molecule has 3 N–H and O–H groups in total. The Morgan fingerprint density at radius 1 is 1.00 bits per heavy atom. The average Bonchev–Trinajstić information content (AvgIpc) is 2.43. The van der Waals surface area contributed by atoms with Crippen LogP contribution in [0.2, 0.25) is 0 Å². The topological polar surface area (TPSA) is 79.5 Å². The minimum absolute atomic E-state index is 0.0466. The lowest BCUT2D eigenvalue weighted by atomic mass is 9.88. The van der Waals surface area contributed by atoms with Crippen molar-refractivity contribution in [1.29, 1.82) is 0 Å². The molecule has 0 heterocycles. The largest absolute Gasteiger partial charge is 0.444 e. The number of hydrogen-bond acceptors (Lipinski definition) is 4. The van der Waals surface area contributed by atoms with Gasteiger partial charge < -0.3 is 20.7 Å². The first-order valence-corrected chi connectivity index (χ1v) is 8.48. The molecule has 0 atom stereocenters. The van der Waals surface area contributed by atoms with Crippen LogP contribution in [0, 0.1) is 5.41 Å². The average molecular weight is 327 g/mol. The molecule has 1 rings (SSSR count). The Morgan fingerprint density at radius 2 is 1.52 bits per heavy atom. The Balaban J connectivity index is 2.31. The molecular formula is C17H33N3O3. The summed E-state index contributed by atoms with van der Waals surface area (Å²) < 4.78 is 5.29. The normalized spacial score (nSPS) is 22.3. The van der Waals surface area contributed by atoms with Crippen LogP contribution < -0.4 is 16.0 Å². The highest BCUT2D eigenvalue weighted by atomic mass is 16.6. The minimum Gasteiger partial charge on any atom is -0.444 e. The van der Waals surface area contributed by atoms with Crippen LogP contribution in [0.1, 0.15) is 60.3 Å². The highest BCUT2D eigenvalue weighted by molar-refractivity contribution is 5.81. The van der Waals surface area contributed by atoms with Gasteiger partial charge in [0, 0.05) is 25.7 Å². The second kappa shape index (κ2) is 7.99. The molecule has 1 aliphatic rings. The monoisotopic (exact) mass is 327 g/mol. The first-order chi connectivity index (χ1) is 10.5. The highest BCUT2D eigenvalue weighted by Gasteiger charge is 2.29. The van der Waals surface area contributed by atoms with Gasteiger partial charge in [-0.1, -0.05) is 0 Å². The van der Waals surface area contributed by atoms with Crippen LogP contribution in [0.4, 0.5) is 4.79 Å². The van der Waals surface area contributed by atoms with Crippen molar-refractivity contribution in [3.8, 4) is 0 Å². The predicted octanol–water partition coefficient (Wildman–Crippen LogP) is 2.18. The first-order valence-electron chi connectivity index (χ1n) is 8.48. The molecule has 0 bridgehead atoms. The van der Waals surface area contributed by atoms with Gasteiger partial charge in [0.15, 0.2) is 0 Å².